The van der Waals surface area contributed by atoms with Crippen LogP contribution in [-0.4, -0.2) is 63.0 Å². The summed E-state index contributed by atoms with van der Waals surface area (Å²) in [6.45, 7) is 5.13. The summed E-state index contributed by atoms with van der Waals surface area (Å²) in [6, 6.07) is 12.2. The number of hydrogen-bond donors (Lipinski definition) is 2. The van der Waals surface area contributed by atoms with Crippen LogP contribution < -0.4 is 4.90 Å². The van der Waals surface area contributed by atoms with E-state index < -0.39 is 11.9 Å². The summed E-state index contributed by atoms with van der Waals surface area (Å²) >= 11 is 0. The molecule has 9 nitrogen and oxygen atoms in total. The maximum Gasteiger partial charge on any atom is 0.307 e. The molecule has 168 valence electrons. The molecule has 9 heteroatoms. The molecule has 0 spiro atoms. The quantitative estimate of drug-likeness (QED) is 0.526. The van der Waals surface area contributed by atoms with Gasteiger partial charge in [0.05, 0.1) is 19.1 Å². The average molecular weight is 437 g/mol. The molecule has 1 fully saturated rings. The third-order valence-corrected chi connectivity index (χ3v) is 5.89. The molecule has 4 rings (SSSR count). The predicted molar refractivity (Wildman–Crippen MR) is 119 cm³/mol. The summed E-state index contributed by atoms with van der Waals surface area (Å²) in [5.41, 5.74) is 3.08. The Labute approximate surface area is 186 Å². The fraction of sp³-hybridized carbons (Fsp3) is 0.435. The Balaban J connectivity index is 1.55. The van der Waals surface area contributed by atoms with E-state index in [2.05, 4.69) is 42.6 Å². The van der Waals surface area contributed by atoms with Gasteiger partial charge in [-0.05, 0) is 36.1 Å². The number of aromatic nitrogens is 5. The summed E-state index contributed by atoms with van der Waals surface area (Å²) in [6.07, 6.45) is 3.73. The first-order valence-corrected chi connectivity index (χ1v) is 11.0. The molecule has 2 unspecified atom stereocenters. The van der Waals surface area contributed by atoms with Gasteiger partial charge in [0.25, 0.3) is 0 Å². The highest BCUT2D eigenvalue weighted by atomic mass is 16.5. The highest BCUT2D eigenvalue weighted by Gasteiger charge is 2.32. The molecule has 2 aromatic heterocycles. The average Bonchev–Trinajstić information content (AvgIpc) is 3.37. The largest absolute Gasteiger partial charge is 0.481 e. The second-order valence-electron chi connectivity index (χ2n) is 8.02. The number of aromatic amines is 1. The van der Waals surface area contributed by atoms with Crippen LogP contribution in [0.1, 0.15) is 37.1 Å². The Hall–Kier alpha value is -3.33. The van der Waals surface area contributed by atoms with Crippen LogP contribution in [0.25, 0.3) is 11.1 Å². The van der Waals surface area contributed by atoms with Crippen LogP contribution in [0.2, 0.25) is 0 Å². The van der Waals surface area contributed by atoms with Crippen LogP contribution in [-0.2, 0) is 16.0 Å². The first kappa shape index (κ1) is 21.9. The highest BCUT2D eigenvalue weighted by Crippen LogP contribution is 2.31. The van der Waals surface area contributed by atoms with E-state index >= 15 is 0 Å². The minimum atomic E-state index is -0.833. The molecule has 0 aliphatic carbocycles. The van der Waals surface area contributed by atoms with Gasteiger partial charge in [-0.15, -0.1) is 10.2 Å². The Morgan fingerprint density at radius 2 is 2.06 bits per heavy atom. The summed E-state index contributed by atoms with van der Waals surface area (Å²) < 4.78 is 5.41. The van der Waals surface area contributed by atoms with Crippen LogP contribution >= 0.6 is 0 Å². The zero-order valence-electron chi connectivity index (χ0n) is 18.1. The van der Waals surface area contributed by atoms with E-state index in [1.807, 2.05) is 37.4 Å². The number of carboxylic acids is 1. The number of aliphatic carboxylic acids is 1. The van der Waals surface area contributed by atoms with Gasteiger partial charge in [0.1, 0.15) is 5.82 Å². The van der Waals surface area contributed by atoms with Gasteiger partial charge in [0.15, 0.2) is 5.82 Å². The SMILES string of the molecule is CCCC(C(=O)O)C(Cc1cccc(-c2ccc(N3CCOCC3)nc2)c1)c1nn[nH]n1. The van der Waals surface area contributed by atoms with Gasteiger partial charge in [-0.1, -0.05) is 42.8 Å². The lowest BCUT2D eigenvalue weighted by Crippen LogP contribution is -2.36. The van der Waals surface area contributed by atoms with E-state index in [0.29, 0.717) is 18.7 Å². The molecule has 0 radical (unpaired) electrons. The molecule has 3 heterocycles. The lowest BCUT2D eigenvalue weighted by molar-refractivity contribution is -0.142. The third kappa shape index (κ3) is 5.11. The fourth-order valence-corrected chi connectivity index (χ4v) is 4.22. The van der Waals surface area contributed by atoms with Gasteiger partial charge in [0.2, 0.25) is 0 Å². The highest BCUT2D eigenvalue weighted by molar-refractivity contribution is 5.71. The molecular weight excluding hydrogens is 408 g/mol. The van der Waals surface area contributed by atoms with E-state index in [9.17, 15) is 9.90 Å². The van der Waals surface area contributed by atoms with Gasteiger partial charge >= 0.3 is 5.97 Å². The van der Waals surface area contributed by atoms with Gasteiger partial charge in [0, 0.05) is 30.8 Å². The first-order valence-electron chi connectivity index (χ1n) is 11.0. The standard InChI is InChI=1S/C23H28N6O3/c1-2-4-19(23(30)31)20(22-25-27-28-26-22)14-16-5-3-6-17(13-16)18-7-8-21(24-15-18)29-9-11-32-12-10-29/h3,5-8,13,15,19-20H,2,4,9-12,14H2,1H3,(H,30,31)(H,25,26,27,28). The zero-order valence-corrected chi connectivity index (χ0v) is 18.1. The van der Waals surface area contributed by atoms with E-state index in [-0.39, 0.29) is 5.92 Å². The van der Waals surface area contributed by atoms with Crippen LogP contribution in [0, 0.1) is 5.92 Å². The maximum absolute atomic E-state index is 12.0. The minimum Gasteiger partial charge on any atom is -0.481 e. The van der Waals surface area contributed by atoms with Crippen molar-refractivity contribution in [1.82, 2.24) is 25.6 Å². The molecule has 1 aromatic carbocycles. The number of nitrogens with one attached hydrogen (secondary N) is 1. The Kier molecular flexibility index (Phi) is 7.06. The number of ether oxygens (including phenoxy) is 1. The molecule has 3 aromatic rings. The number of pyridine rings is 1. The van der Waals surface area contributed by atoms with Crippen molar-refractivity contribution in [2.24, 2.45) is 5.92 Å². The first-order chi connectivity index (χ1) is 15.7. The number of benzene rings is 1. The summed E-state index contributed by atoms with van der Waals surface area (Å²) in [4.78, 5) is 18.8. The molecule has 1 aliphatic heterocycles. The monoisotopic (exact) mass is 436 g/mol. The van der Waals surface area contributed by atoms with Crippen molar-refractivity contribution in [2.75, 3.05) is 31.2 Å². The van der Waals surface area contributed by atoms with Crippen LogP contribution in [0.15, 0.2) is 42.6 Å². The topological polar surface area (TPSA) is 117 Å². The van der Waals surface area contributed by atoms with Crippen molar-refractivity contribution in [2.45, 2.75) is 32.1 Å². The third-order valence-electron chi connectivity index (χ3n) is 5.89. The molecule has 0 bridgehead atoms. The molecule has 32 heavy (non-hydrogen) atoms. The Morgan fingerprint density at radius 3 is 2.72 bits per heavy atom. The van der Waals surface area contributed by atoms with Gasteiger partial charge in [-0.3, -0.25) is 4.79 Å². The van der Waals surface area contributed by atoms with Gasteiger partial charge < -0.3 is 14.7 Å². The summed E-state index contributed by atoms with van der Waals surface area (Å²) in [5, 5.41) is 24.1. The van der Waals surface area contributed by atoms with Crippen molar-refractivity contribution < 1.29 is 14.6 Å². The lowest BCUT2D eigenvalue weighted by Gasteiger charge is -2.27. The van der Waals surface area contributed by atoms with Crippen molar-refractivity contribution in [3.8, 4) is 11.1 Å². The number of carbonyl (C=O) groups is 1. The number of nitrogens with zero attached hydrogens (tertiary/aromatic N) is 5. The minimum absolute atomic E-state index is 0.358. The van der Waals surface area contributed by atoms with Crippen LogP contribution in [0.4, 0.5) is 5.82 Å². The Morgan fingerprint density at radius 1 is 1.22 bits per heavy atom. The smallest absolute Gasteiger partial charge is 0.307 e. The zero-order chi connectivity index (χ0) is 22.3. The number of morpholine rings is 1. The lowest BCUT2D eigenvalue weighted by atomic mass is 9.83. The summed E-state index contributed by atoms with van der Waals surface area (Å²) in [5.74, 6) is -0.373. The van der Waals surface area contributed by atoms with E-state index in [1.54, 1.807) is 0 Å². The molecule has 2 N–H and O–H groups in total. The van der Waals surface area contributed by atoms with Crippen molar-refractivity contribution in [1.29, 1.82) is 0 Å². The molecule has 1 aliphatic rings. The molecule has 0 saturated carbocycles. The second-order valence-corrected chi connectivity index (χ2v) is 8.02. The van der Waals surface area contributed by atoms with Gasteiger partial charge in [-0.25, -0.2) is 4.98 Å². The van der Waals surface area contributed by atoms with Gasteiger partial charge in [-0.2, -0.15) is 5.21 Å². The summed E-state index contributed by atoms with van der Waals surface area (Å²) in [7, 11) is 0. The van der Waals surface area contributed by atoms with E-state index in [0.717, 1.165) is 55.2 Å². The van der Waals surface area contributed by atoms with Crippen LogP contribution in [0.3, 0.4) is 0 Å². The molecule has 2 atom stereocenters. The van der Waals surface area contributed by atoms with Crippen molar-refractivity contribution in [3.05, 3.63) is 54.0 Å². The van der Waals surface area contributed by atoms with E-state index in [1.165, 1.54) is 0 Å². The normalized spacial score (nSPS) is 16.0. The van der Waals surface area contributed by atoms with Crippen molar-refractivity contribution in [3.63, 3.8) is 0 Å². The fourth-order valence-electron chi connectivity index (χ4n) is 4.22. The number of rotatable bonds is 9. The van der Waals surface area contributed by atoms with E-state index in [4.69, 9.17) is 4.74 Å². The molecule has 0 amide bonds. The molecule has 1 saturated heterocycles. The number of carboxylic acid groups (broad SMARTS) is 1. The maximum atomic E-state index is 12.0. The number of anilines is 1. The number of tetrazole rings is 1. The second kappa shape index (κ2) is 10.3. The molecular formula is C23H28N6O3. The number of hydrogen-bond acceptors (Lipinski definition) is 7. The van der Waals surface area contributed by atoms with Crippen LogP contribution in [0.5, 0.6) is 0 Å². The van der Waals surface area contributed by atoms with Crippen molar-refractivity contribution >= 4 is 11.8 Å². The predicted octanol–water partition coefficient (Wildman–Crippen LogP) is 2.93. The number of H-pyrrole nitrogens is 1. The Bertz CT molecular complexity index is 1000.